The Hall–Kier alpha value is -2.93. The lowest BCUT2D eigenvalue weighted by Gasteiger charge is -2.17. The quantitative estimate of drug-likeness (QED) is 0.661. The highest BCUT2D eigenvalue weighted by molar-refractivity contribution is 8.00. The molecule has 2 N–H and O–H groups in total. The topological polar surface area (TPSA) is 87.7 Å². The van der Waals surface area contributed by atoms with Crippen LogP contribution >= 0.6 is 11.8 Å². The molecule has 3 rings (SSSR count). The van der Waals surface area contributed by atoms with Crippen LogP contribution in [0.25, 0.3) is 0 Å². The standard InChI is InChI=1S/C20H20N4O2S/c1-12-9-13(2)11-16(10-12)21-19(26)17(15-7-5-4-6-8-15)27-20-22-18(25)14(3)23-24-20/h4-11,17H,1-3H3,(H,21,26)(H,22,24,25)/t17-/m0/s1. The molecule has 3 aromatic rings. The smallest absolute Gasteiger partial charge is 0.273 e. The number of anilines is 1. The first kappa shape index (κ1) is 18.8. The van der Waals surface area contributed by atoms with Crippen LogP contribution in [0.4, 0.5) is 5.69 Å². The molecule has 0 aliphatic heterocycles. The number of benzene rings is 2. The highest BCUT2D eigenvalue weighted by atomic mass is 32.2. The van der Waals surface area contributed by atoms with Gasteiger partial charge in [0, 0.05) is 5.69 Å². The predicted molar refractivity (Wildman–Crippen MR) is 107 cm³/mol. The Bertz CT molecular complexity index is 998. The Balaban J connectivity index is 1.90. The van der Waals surface area contributed by atoms with Crippen molar-refractivity contribution in [2.75, 3.05) is 5.32 Å². The van der Waals surface area contributed by atoms with Crippen LogP contribution in [0.3, 0.4) is 0 Å². The second kappa shape index (κ2) is 8.18. The maximum Gasteiger partial charge on any atom is 0.273 e. The molecular weight excluding hydrogens is 360 g/mol. The van der Waals surface area contributed by atoms with E-state index in [4.69, 9.17) is 0 Å². The second-order valence-corrected chi connectivity index (χ2v) is 7.41. The summed E-state index contributed by atoms with van der Waals surface area (Å²) in [5, 5.41) is 10.5. The molecule has 6 nitrogen and oxygen atoms in total. The summed E-state index contributed by atoms with van der Waals surface area (Å²) in [6, 6.07) is 15.3. The zero-order chi connectivity index (χ0) is 19.4. The average molecular weight is 380 g/mol. The van der Waals surface area contributed by atoms with Gasteiger partial charge in [-0.15, -0.1) is 10.2 Å². The van der Waals surface area contributed by atoms with E-state index in [1.54, 1.807) is 6.92 Å². The van der Waals surface area contributed by atoms with Crippen LogP contribution in [0, 0.1) is 20.8 Å². The lowest BCUT2D eigenvalue weighted by Crippen LogP contribution is -2.21. The third kappa shape index (κ3) is 4.83. The molecule has 0 saturated heterocycles. The van der Waals surface area contributed by atoms with Gasteiger partial charge in [-0.1, -0.05) is 48.2 Å². The Morgan fingerprint density at radius 3 is 2.33 bits per heavy atom. The molecule has 2 aromatic carbocycles. The number of amides is 1. The Kier molecular flexibility index (Phi) is 5.71. The number of aromatic nitrogens is 3. The summed E-state index contributed by atoms with van der Waals surface area (Å²) < 4.78 is 0. The van der Waals surface area contributed by atoms with Gasteiger partial charge in [0.15, 0.2) is 5.16 Å². The third-order valence-corrected chi connectivity index (χ3v) is 5.03. The summed E-state index contributed by atoms with van der Waals surface area (Å²) in [5.41, 5.74) is 3.67. The maximum absolute atomic E-state index is 13.0. The molecule has 1 amide bonds. The van der Waals surface area contributed by atoms with Crippen molar-refractivity contribution in [3.05, 3.63) is 81.3 Å². The van der Waals surface area contributed by atoms with Gasteiger partial charge in [0.05, 0.1) is 0 Å². The van der Waals surface area contributed by atoms with E-state index in [2.05, 4.69) is 20.5 Å². The van der Waals surface area contributed by atoms with Crippen LogP contribution in [0.5, 0.6) is 0 Å². The summed E-state index contributed by atoms with van der Waals surface area (Å²) >= 11 is 1.16. The van der Waals surface area contributed by atoms with Crippen molar-refractivity contribution >= 4 is 23.4 Å². The molecular formula is C20H20N4O2S. The molecule has 1 atom stereocenters. The number of carbonyl (C=O) groups excluding carboxylic acids is 1. The highest BCUT2D eigenvalue weighted by Crippen LogP contribution is 2.34. The molecule has 0 radical (unpaired) electrons. The van der Waals surface area contributed by atoms with Gasteiger partial charge in [-0.3, -0.25) is 14.6 Å². The number of aryl methyl sites for hydroxylation is 3. The molecule has 7 heteroatoms. The van der Waals surface area contributed by atoms with Crippen LogP contribution in [-0.4, -0.2) is 21.1 Å². The molecule has 0 saturated carbocycles. The van der Waals surface area contributed by atoms with E-state index in [9.17, 15) is 9.59 Å². The molecule has 138 valence electrons. The summed E-state index contributed by atoms with van der Waals surface area (Å²) in [7, 11) is 0. The number of thioether (sulfide) groups is 1. The van der Waals surface area contributed by atoms with Gasteiger partial charge in [0.25, 0.3) is 5.56 Å². The molecule has 27 heavy (non-hydrogen) atoms. The number of hydrogen-bond acceptors (Lipinski definition) is 5. The lowest BCUT2D eigenvalue weighted by molar-refractivity contribution is -0.115. The van der Waals surface area contributed by atoms with Crippen LogP contribution in [0.2, 0.25) is 0 Å². The van der Waals surface area contributed by atoms with Gasteiger partial charge >= 0.3 is 0 Å². The number of carbonyl (C=O) groups is 1. The van der Waals surface area contributed by atoms with E-state index in [0.717, 1.165) is 34.1 Å². The number of H-pyrrole nitrogens is 1. The summed E-state index contributed by atoms with van der Waals surface area (Å²) in [5.74, 6) is -0.195. The Morgan fingerprint density at radius 2 is 1.70 bits per heavy atom. The van der Waals surface area contributed by atoms with Crippen molar-refractivity contribution in [1.29, 1.82) is 0 Å². The largest absolute Gasteiger partial charge is 0.325 e. The third-order valence-electron chi connectivity index (χ3n) is 3.90. The van der Waals surface area contributed by atoms with E-state index in [0.29, 0.717) is 5.16 Å². The van der Waals surface area contributed by atoms with Crippen LogP contribution < -0.4 is 10.9 Å². The summed E-state index contributed by atoms with van der Waals surface area (Å²) in [6.45, 7) is 5.55. The van der Waals surface area contributed by atoms with Crippen molar-refractivity contribution in [2.24, 2.45) is 0 Å². The lowest BCUT2D eigenvalue weighted by atomic mass is 10.1. The predicted octanol–water partition coefficient (Wildman–Crippen LogP) is 3.56. The number of hydrogen-bond donors (Lipinski definition) is 2. The highest BCUT2D eigenvalue weighted by Gasteiger charge is 2.23. The van der Waals surface area contributed by atoms with E-state index in [1.807, 2.05) is 62.4 Å². The first-order chi connectivity index (χ1) is 12.9. The molecule has 0 unspecified atom stereocenters. The minimum absolute atomic E-state index is 0.195. The molecule has 0 fully saturated rings. The summed E-state index contributed by atoms with van der Waals surface area (Å²) in [4.78, 5) is 27.5. The van der Waals surface area contributed by atoms with Crippen molar-refractivity contribution < 1.29 is 4.79 Å². The molecule has 0 aliphatic carbocycles. The van der Waals surface area contributed by atoms with Crippen LogP contribution in [0.15, 0.2) is 58.5 Å². The number of nitrogens with one attached hydrogen (secondary N) is 2. The van der Waals surface area contributed by atoms with Gasteiger partial charge in [0.2, 0.25) is 5.91 Å². The molecule has 1 aromatic heterocycles. The zero-order valence-corrected chi connectivity index (χ0v) is 16.1. The van der Waals surface area contributed by atoms with Gasteiger partial charge < -0.3 is 5.32 Å². The average Bonchev–Trinajstić information content (AvgIpc) is 2.62. The first-order valence-electron chi connectivity index (χ1n) is 8.47. The van der Waals surface area contributed by atoms with Crippen LogP contribution in [0.1, 0.15) is 27.6 Å². The van der Waals surface area contributed by atoms with E-state index in [1.165, 1.54) is 0 Å². The molecule has 0 bridgehead atoms. The molecule has 1 heterocycles. The van der Waals surface area contributed by atoms with E-state index < -0.39 is 5.25 Å². The van der Waals surface area contributed by atoms with Gasteiger partial charge in [-0.2, -0.15) is 0 Å². The minimum atomic E-state index is -0.584. The van der Waals surface area contributed by atoms with Crippen molar-refractivity contribution in [1.82, 2.24) is 15.2 Å². The van der Waals surface area contributed by atoms with E-state index in [-0.39, 0.29) is 17.2 Å². The number of rotatable bonds is 5. The Morgan fingerprint density at radius 1 is 1.04 bits per heavy atom. The monoisotopic (exact) mass is 380 g/mol. The second-order valence-electron chi connectivity index (χ2n) is 6.32. The van der Waals surface area contributed by atoms with Crippen molar-refractivity contribution in [2.45, 2.75) is 31.2 Å². The first-order valence-corrected chi connectivity index (χ1v) is 9.35. The fraction of sp³-hybridized carbons (Fsp3) is 0.200. The fourth-order valence-electron chi connectivity index (χ4n) is 2.70. The SMILES string of the molecule is Cc1cc(C)cc(NC(=O)[C@@H](Sc2nnc(C)c(=O)[nH]2)c2ccccc2)c1. The minimum Gasteiger partial charge on any atom is -0.325 e. The molecule has 0 aliphatic rings. The summed E-state index contributed by atoms with van der Waals surface area (Å²) in [6.07, 6.45) is 0. The Labute approximate surface area is 161 Å². The normalized spacial score (nSPS) is 11.8. The number of aromatic amines is 1. The fourth-order valence-corrected chi connectivity index (χ4v) is 3.62. The van der Waals surface area contributed by atoms with Gasteiger partial charge in [-0.25, -0.2) is 0 Å². The van der Waals surface area contributed by atoms with Crippen molar-refractivity contribution in [3.8, 4) is 0 Å². The van der Waals surface area contributed by atoms with Gasteiger partial charge in [-0.05, 0) is 49.6 Å². The maximum atomic E-state index is 13.0. The number of nitrogens with zero attached hydrogens (tertiary/aromatic N) is 2. The van der Waals surface area contributed by atoms with Crippen molar-refractivity contribution in [3.63, 3.8) is 0 Å². The van der Waals surface area contributed by atoms with Crippen LogP contribution in [-0.2, 0) is 4.79 Å². The molecule has 0 spiro atoms. The van der Waals surface area contributed by atoms with Gasteiger partial charge in [0.1, 0.15) is 10.9 Å². The van der Waals surface area contributed by atoms with E-state index >= 15 is 0 Å². The zero-order valence-electron chi connectivity index (χ0n) is 15.3.